The van der Waals surface area contributed by atoms with Gasteiger partial charge in [-0.2, -0.15) is 0 Å². The van der Waals surface area contributed by atoms with Crippen molar-refractivity contribution in [1.82, 2.24) is 0 Å². The predicted octanol–water partition coefficient (Wildman–Crippen LogP) is 1.16. The van der Waals surface area contributed by atoms with Gasteiger partial charge in [0.25, 0.3) is 0 Å². The first-order chi connectivity index (χ1) is 6.21. The average molecular weight is 201 g/mol. The second-order valence-electron chi connectivity index (χ2n) is 4.36. The number of carboxylic acid groups (broad SMARTS) is 1. The van der Waals surface area contributed by atoms with Gasteiger partial charge in [-0.25, -0.2) is 0 Å². The smallest absolute Gasteiger partial charge is 0.326 e. The summed E-state index contributed by atoms with van der Waals surface area (Å²) in [5.41, 5.74) is 3.91. The maximum Gasteiger partial charge on any atom is 0.326 e. The number of carboxylic acids is 1. The van der Waals surface area contributed by atoms with Gasteiger partial charge < -0.3 is 15.6 Å². The Kier molecular flexibility index (Phi) is 4.29. The van der Waals surface area contributed by atoms with Crippen LogP contribution < -0.4 is 5.73 Å². The highest BCUT2D eigenvalue weighted by Crippen LogP contribution is 2.14. The molecule has 0 aliphatic carbocycles. The summed E-state index contributed by atoms with van der Waals surface area (Å²) < 4.78 is 5.35. The van der Waals surface area contributed by atoms with E-state index in [9.17, 15) is 4.79 Å². The molecule has 0 aliphatic heterocycles. The minimum Gasteiger partial charge on any atom is -0.480 e. The number of rotatable bonds is 5. The van der Waals surface area contributed by atoms with Crippen LogP contribution in [0.3, 0.4) is 0 Å². The Morgan fingerprint density at radius 3 is 2.36 bits per heavy atom. The monoisotopic (exact) mass is 201 g/mol. The van der Waals surface area contributed by atoms with Gasteiger partial charge in [0.05, 0.1) is 12.2 Å². The van der Waals surface area contributed by atoms with Gasteiger partial charge in [0, 0.05) is 0 Å². The Morgan fingerprint density at radius 2 is 2.07 bits per heavy atom. The molecule has 0 aromatic heterocycles. The molecule has 0 heterocycles. The zero-order chi connectivity index (χ0) is 11.4. The fourth-order valence-electron chi connectivity index (χ4n) is 0.811. The molecule has 0 amide bonds. The summed E-state index contributed by atoms with van der Waals surface area (Å²) in [6.07, 6.45) is 1.68. The van der Waals surface area contributed by atoms with Crippen molar-refractivity contribution >= 4 is 5.97 Å². The highest BCUT2D eigenvalue weighted by Gasteiger charge is 2.34. The minimum atomic E-state index is -1.37. The van der Waals surface area contributed by atoms with Crippen molar-refractivity contribution in [3.05, 3.63) is 12.7 Å². The average Bonchev–Trinajstić information content (AvgIpc) is 2.00. The van der Waals surface area contributed by atoms with Crippen LogP contribution in [-0.4, -0.2) is 28.8 Å². The van der Waals surface area contributed by atoms with Gasteiger partial charge in [-0.05, 0) is 27.2 Å². The lowest BCUT2D eigenvalue weighted by atomic mass is 9.97. The van der Waals surface area contributed by atoms with E-state index in [1.165, 1.54) is 6.08 Å². The summed E-state index contributed by atoms with van der Waals surface area (Å²) in [5, 5.41) is 8.91. The molecule has 3 N–H and O–H groups in total. The summed E-state index contributed by atoms with van der Waals surface area (Å²) in [7, 11) is 0. The van der Waals surface area contributed by atoms with Gasteiger partial charge in [-0.15, -0.1) is 6.58 Å². The van der Waals surface area contributed by atoms with Crippen LogP contribution in [0.1, 0.15) is 27.2 Å². The number of hydrogen-bond acceptors (Lipinski definition) is 3. The number of carbonyl (C=O) groups is 1. The minimum absolute atomic E-state index is 0.0160. The molecule has 0 radical (unpaired) electrons. The van der Waals surface area contributed by atoms with E-state index in [0.717, 1.165) is 0 Å². The van der Waals surface area contributed by atoms with Crippen LogP contribution in [0, 0.1) is 0 Å². The Bertz CT molecular complexity index is 220. The molecule has 0 fully saturated rings. The number of nitrogens with two attached hydrogens (primary N) is 1. The molecule has 0 bridgehead atoms. The van der Waals surface area contributed by atoms with E-state index in [4.69, 9.17) is 15.6 Å². The molecule has 0 saturated carbocycles. The zero-order valence-electron chi connectivity index (χ0n) is 9.04. The molecule has 14 heavy (non-hydrogen) atoms. The van der Waals surface area contributed by atoms with Crippen molar-refractivity contribution in [3.8, 4) is 0 Å². The topological polar surface area (TPSA) is 72.5 Å². The van der Waals surface area contributed by atoms with E-state index in [0.29, 0.717) is 0 Å². The van der Waals surface area contributed by atoms with Crippen LogP contribution in [0.25, 0.3) is 0 Å². The van der Waals surface area contributed by atoms with Crippen molar-refractivity contribution in [2.75, 3.05) is 6.61 Å². The highest BCUT2D eigenvalue weighted by molar-refractivity contribution is 5.78. The van der Waals surface area contributed by atoms with Crippen LogP contribution in [0.5, 0.6) is 0 Å². The maximum atomic E-state index is 10.9. The maximum absolute atomic E-state index is 10.9. The van der Waals surface area contributed by atoms with Crippen LogP contribution >= 0.6 is 0 Å². The van der Waals surface area contributed by atoms with Crippen molar-refractivity contribution in [3.63, 3.8) is 0 Å². The van der Waals surface area contributed by atoms with Crippen molar-refractivity contribution in [2.45, 2.75) is 38.3 Å². The largest absolute Gasteiger partial charge is 0.480 e. The summed E-state index contributed by atoms with van der Waals surface area (Å²) in [6, 6.07) is 0. The molecule has 4 nitrogen and oxygen atoms in total. The number of hydrogen-bond donors (Lipinski definition) is 2. The lowest BCUT2D eigenvalue weighted by Crippen LogP contribution is -2.52. The number of ether oxygens (including phenoxy) is 1. The first kappa shape index (κ1) is 13.1. The molecular weight excluding hydrogens is 182 g/mol. The van der Waals surface area contributed by atoms with E-state index < -0.39 is 11.5 Å². The lowest BCUT2D eigenvalue weighted by molar-refractivity contribution is -0.148. The Hall–Kier alpha value is -0.870. The van der Waals surface area contributed by atoms with E-state index in [-0.39, 0.29) is 18.6 Å². The van der Waals surface area contributed by atoms with E-state index >= 15 is 0 Å². The first-order valence-electron chi connectivity index (χ1n) is 4.48. The van der Waals surface area contributed by atoms with Gasteiger partial charge in [0.1, 0.15) is 5.54 Å². The summed E-state index contributed by atoms with van der Waals surface area (Å²) in [6.45, 7) is 9.01. The molecule has 0 rings (SSSR count). The Morgan fingerprint density at radius 1 is 1.57 bits per heavy atom. The van der Waals surface area contributed by atoms with Crippen LogP contribution in [0.2, 0.25) is 0 Å². The SMILES string of the molecule is C=CC[C@@](N)(COC(C)(C)C)C(=O)O. The van der Waals surface area contributed by atoms with Gasteiger partial charge >= 0.3 is 5.97 Å². The van der Waals surface area contributed by atoms with Gasteiger partial charge in [-0.1, -0.05) is 6.08 Å². The molecule has 0 saturated heterocycles. The van der Waals surface area contributed by atoms with Gasteiger partial charge in [0.2, 0.25) is 0 Å². The van der Waals surface area contributed by atoms with E-state index in [1.807, 2.05) is 20.8 Å². The van der Waals surface area contributed by atoms with Crippen molar-refractivity contribution < 1.29 is 14.6 Å². The fourth-order valence-corrected chi connectivity index (χ4v) is 0.811. The molecule has 1 atom stereocenters. The Labute approximate surface area is 84.7 Å². The molecular formula is C10H19NO3. The standard InChI is InChI=1S/C10H19NO3/c1-5-6-10(11,8(12)13)7-14-9(2,3)4/h5H,1,6-7,11H2,2-4H3,(H,12,13)/t10-/m1/s1. The normalized spacial score (nSPS) is 16.0. The molecule has 0 aromatic rings. The molecule has 0 aromatic carbocycles. The van der Waals surface area contributed by atoms with E-state index in [2.05, 4.69) is 6.58 Å². The Balaban J connectivity index is 4.38. The second-order valence-corrected chi connectivity index (χ2v) is 4.36. The third-order valence-corrected chi connectivity index (χ3v) is 1.70. The van der Waals surface area contributed by atoms with Gasteiger partial charge in [-0.3, -0.25) is 4.79 Å². The third kappa shape index (κ3) is 4.39. The van der Waals surface area contributed by atoms with E-state index in [1.54, 1.807) is 0 Å². The van der Waals surface area contributed by atoms with Crippen molar-refractivity contribution in [2.24, 2.45) is 5.73 Å². The lowest BCUT2D eigenvalue weighted by Gasteiger charge is -2.28. The zero-order valence-corrected chi connectivity index (χ0v) is 9.04. The fraction of sp³-hybridized carbons (Fsp3) is 0.700. The molecule has 0 spiro atoms. The predicted molar refractivity (Wildman–Crippen MR) is 55.1 cm³/mol. The van der Waals surface area contributed by atoms with Crippen LogP contribution in [0.4, 0.5) is 0 Å². The summed E-state index contributed by atoms with van der Waals surface area (Å²) in [4.78, 5) is 10.9. The molecule has 82 valence electrons. The summed E-state index contributed by atoms with van der Waals surface area (Å²) in [5.74, 6) is -1.07. The summed E-state index contributed by atoms with van der Waals surface area (Å²) >= 11 is 0. The molecule has 0 unspecified atom stereocenters. The number of aliphatic carboxylic acids is 1. The van der Waals surface area contributed by atoms with Crippen LogP contribution in [-0.2, 0) is 9.53 Å². The molecule has 0 aliphatic rings. The van der Waals surface area contributed by atoms with Gasteiger partial charge in [0.15, 0.2) is 0 Å². The second kappa shape index (κ2) is 4.57. The van der Waals surface area contributed by atoms with Crippen LogP contribution in [0.15, 0.2) is 12.7 Å². The van der Waals surface area contributed by atoms with Crippen molar-refractivity contribution in [1.29, 1.82) is 0 Å². The highest BCUT2D eigenvalue weighted by atomic mass is 16.5. The first-order valence-corrected chi connectivity index (χ1v) is 4.48. The molecule has 4 heteroatoms. The quantitative estimate of drug-likeness (QED) is 0.655. The third-order valence-electron chi connectivity index (χ3n) is 1.70.